The van der Waals surface area contributed by atoms with Gasteiger partial charge in [-0.25, -0.2) is 14.3 Å². The Hall–Kier alpha value is -4.12. The van der Waals surface area contributed by atoms with Crippen LogP contribution in [0.3, 0.4) is 0 Å². The number of benzene rings is 1. The molecule has 2 aliphatic rings. The van der Waals surface area contributed by atoms with Gasteiger partial charge < -0.3 is 30.7 Å². The number of carboxylic acids is 1. The standard InChI is InChI=1S/C24H28F3N7O2.C2HF3O2/c25-24(26,27)19-13-17(33-9-11-36-12-10-33)4-5-20(19)31-23(35)18-15-29-34-8-6-21(32-22(18)34)30-16-3-1-2-7-28-14-16;3-2(4,5)1(6)7/h4-6,8,13,15-16,28H,1-3,7,9-12,14H2,(H,30,32)(H,31,35);(H,6,7)/t16-;/m1./s1. The van der Waals surface area contributed by atoms with Crippen molar-refractivity contribution in [3.05, 3.63) is 47.8 Å². The molecule has 234 valence electrons. The van der Waals surface area contributed by atoms with Crippen LogP contribution in [-0.4, -0.2) is 83.2 Å². The van der Waals surface area contributed by atoms with Crippen molar-refractivity contribution in [3.8, 4) is 0 Å². The van der Waals surface area contributed by atoms with E-state index in [2.05, 4.69) is 26.0 Å². The molecule has 0 unspecified atom stereocenters. The Labute approximate surface area is 241 Å². The van der Waals surface area contributed by atoms with E-state index in [0.717, 1.165) is 38.4 Å². The summed E-state index contributed by atoms with van der Waals surface area (Å²) in [5, 5.41) is 20.4. The topological polar surface area (TPSA) is 133 Å². The molecule has 1 atom stereocenters. The van der Waals surface area contributed by atoms with Crippen molar-refractivity contribution in [1.29, 1.82) is 0 Å². The Morgan fingerprint density at radius 2 is 1.79 bits per heavy atom. The molecule has 1 amide bonds. The fourth-order valence-electron chi connectivity index (χ4n) is 4.54. The van der Waals surface area contributed by atoms with Gasteiger partial charge in [0.1, 0.15) is 11.4 Å². The smallest absolute Gasteiger partial charge is 0.475 e. The largest absolute Gasteiger partial charge is 0.490 e. The molecule has 2 aromatic heterocycles. The minimum Gasteiger partial charge on any atom is -0.475 e. The molecular formula is C26H29F6N7O4. The first-order valence-corrected chi connectivity index (χ1v) is 13.3. The number of anilines is 3. The summed E-state index contributed by atoms with van der Waals surface area (Å²) in [5.74, 6) is -2.89. The number of hydrogen-bond donors (Lipinski definition) is 4. The fraction of sp³-hybridized carbons (Fsp3) is 0.462. The third-order valence-electron chi connectivity index (χ3n) is 6.69. The zero-order valence-electron chi connectivity index (χ0n) is 22.6. The highest BCUT2D eigenvalue weighted by atomic mass is 19.4. The van der Waals surface area contributed by atoms with Gasteiger partial charge >= 0.3 is 18.3 Å². The summed E-state index contributed by atoms with van der Waals surface area (Å²) >= 11 is 0. The summed E-state index contributed by atoms with van der Waals surface area (Å²) in [6.45, 7) is 3.70. The summed E-state index contributed by atoms with van der Waals surface area (Å²) in [6, 6.07) is 5.89. The minimum absolute atomic E-state index is 0.0861. The number of alkyl halides is 6. The van der Waals surface area contributed by atoms with E-state index in [1.807, 2.05) is 4.90 Å². The summed E-state index contributed by atoms with van der Waals surface area (Å²) in [6.07, 6.45) is -3.54. The lowest BCUT2D eigenvalue weighted by molar-refractivity contribution is -0.192. The molecule has 0 bridgehead atoms. The highest BCUT2D eigenvalue weighted by molar-refractivity contribution is 6.08. The maximum Gasteiger partial charge on any atom is 0.490 e. The van der Waals surface area contributed by atoms with Gasteiger partial charge in [0.2, 0.25) is 0 Å². The molecule has 3 aromatic rings. The van der Waals surface area contributed by atoms with Crippen molar-refractivity contribution < 1.29 is 45.8 Å². The second-order valence-corrected chi connectivity index (χ2v) is 9.76. The van der Waals surface area contributed by atoms with Gasteiger partial charge in [-0.1, -0.05) is 6.42 Å². The molecule has 17 heteroatoms. The lowest BCUT2D eigenvalue weighted by atomic mass is 10.1. The molecule has 4 N–H and O–H groups in total. The number of fused-ring (bicyclic) bond motifs is 1. The number of carbonyl (C=O) groups excluding carboxylic acids is 1. The van der Waals surface area contributed by atoms with Crippen molar-refractivity contribution in [2.45, 2.75) is 37.7 Å². The van der Waals surface area contributed by atoms with E-state index in [-0.39, 0.29) is 22.9 Å². The van der Waals surface area contributed by atoms with Crippen LogP contribution in [0.1, 0.15) is 35.2 Å². The molecule has 0 aliphatic carbocycles. The van der Waals surface area contributed by atoms with E-state index in [1.54, 1.807) is 18.3 Å². The number of amides is 1. The number of aliphatic carboxylic acids is 1. The predicted octanol–water partition coefficient (Wildman–Crippen LogP) is 4.02. The van der Waals surface area contributed by atoms with Crippen molar-refractivity contribution in [1.82, 2.24) is 19.9 Å². The van der Waals surface area contributed by atoms with Crippen LogP contribution in [0.15, 0.2) is 36.7 Å². The molecular weight excluding hydrogens is 588 g/mol. The van der Waals surface area contributed by atoms with Crippen LogP contribution >= 0.6 is 0 Å². The van der Waals surface area contributed by atoms with Crippen molar-refractivity contribution in [2.24, 2.45) is 0 Å². The number of carboxylic acid groups (broad SMARTS) is 1. The second kappa shape index (κ2) is 13.5. The van der Waals surface area contributed by atoms with Crippen LogP contribution in [0.4, 0.5) is 43.5 Å². The maximum absolute atomic E-state index is 13.9. The van der Waals surface area contributed by atoms with Crippen LogP contribution in [0, 0.1) is 0 Å². The molecule has 2 aliphatic heterocycles. The molecule has 4 heterocycles. The zero-order chi connectivity index (χ0) is 31.2. The lowest BCUT2D eigenvalue weighted by Gasteiger charge is -2.29. The monoisotopic (exact) mass is 617 g/mol. The zero-order valence-corrected chi connectivity index (χ0v) is 22.6. The second-order valence-electron chi connectivity index (χ2n) is 9.76. The van der Waals surface area contributed by atoms with E-state index >= 15 is 0 Å². The Morgan fingerprint density at radius 1 is 1.07 bits per heavy atom. The molecule has 0 radical (unpaired) electrons. The Balaban J connectivity index is 0.000000541. The molecule has 0 saturated carbocycles. The molecule has 1 aromatic carbocycles. The Bertz CT molecular complexity index is 1420. The number of morpholine rings is 1. The van der Waals surface area contributed by atoms with Gasteiger partial charge in [0.05, 0.1) is 30.7 Å². The molecule has 43 heavy (non-hydrogen) atoms. The van der Waals surface area contributed by atoms with Crippen molar-refractivity contribution in [3.63, 3.8) is 0 Å². The van der Waals surface area contributed by atoms with Gasteiger partial charge in [-0.15, -0.1) is 0 Å². The molecule has 2 saturated heterocycles. The van der Waals surface area contributed by atoms with Crippen LogP contribution < -0.4 is 20.9 Å². The number of hydrogen-bond acceptors (Lipinski definition) is 8. The number of nitrogens with one attached hydrogen (secondary N) is 3. The normalized spacial score (nSPS) is 17.9. The van der Waals surface area contributed by atoms with Gasteiger partial charge in [-0.3, -0.25) is 4.79 Å². The maximum atomic E-state index is 13.9. The van der Waals surface area contributed by atoms with Crippen LogP contribution in [-0.2, 0) is 15.7 Å². The Morgan fingerprint density at radius 3 is 2.47 bits per heavy atom. The fourth-order valence-corrected chi connectivity index (χ4v) is 4.54. The third-order valence-corrected chi connectivity index (χ3v) is 6.69. The van der Waals surface area contributed by atoms with Crippen LogP contribution in [0.2, 0.25) is 0 Å². The van der Waals surface area contributed by atoms with Gasteiger partial charge in [-0.05, 0) is 43.7 Å². The molecule has 2 fully saturated rings. The summed E-state index contributed by atoms with van der Waals surface area (Å²) in [7, 11) is 0. The first-order chi connectivity index (χ1) is 20.3. The molecule has 0 spiro atoms. The van der Waals surface area contributed by atoms with E-state index in [0.29, 0.717) is 37.8 Å². The summed E-state index contributed by atoms with van der Waals surface area (Å²) in [4.78, 5) is 28.3. The Kier molecular flexibility index (Phi) is 9.95. The van der Waals surface area contributed by atoms with Crippen LogP contribution in [0.25, 0.3) is 5.65 Å². The summed E-state index contributed by atoms with van der Waals surface area (Å²) in [5.41, 5.74) is -0.444. The SMILES string of the molecule is O=C(Nc1ccc(N2CCOCC2)cc1C(F)(F)F)c1cnn2ccc(N[C@@H]3CCCCNC3)nc12.O=C(O)C(F)(F)F. The van der Waals surface area contributed by atoms with E-state index < -0.39 is 29.8 Å². The number of nitrogens with zero attached hydrogens (tertiary/aromatic N) is 4. The van der Waals surface area contributed by atoms with E-state index in [9.17, 15) is 31.1 Å². The third kappa shape index (κ3) is 8.47. The van der Waals surface area contributed by atoms with Crippen molar-refractivity contribution in [2.75, 3.05) is 54.9 Å². The predicted molar refractivity (Wildman–Crippen MR) is 143 cm³/mol. The average Bonchev–Trinajstić information content (AvgIpc) is 3.21. The van der Waals surface area contributed by atoms with Gasteiger partial charge in [0, 0.05) is 37.6 Å². The number of aromatic nitrogens is 3. The quantitative estimate of drug-likeness (QED) is 0.314. The number of halogens is 6. The van der Waals surface area contributed by atoms with E-state index in [4.69, 9.17) is 14.6 Å². The van der Waals surface area contributed by atoms with Crippen LogP contribution in [0.5, 0.6) is 0 Å². The summed E-state index contributed by atoms with van der Waals surface area (Å²) < 4.78 is 80.2. The highest BCUT2D eigenvalue weighted by Gasteiger charge is 2.38. The molecule has 11 nitrogen and oxygen atoms in total. The van der Waals surface area contributed by atoms with Gasteiger partial charge in [0.15, 0.2) is 5.65 Å². The number of ether oxygens (including phenoxy) is 1. The van der Waals surface area contributed by atoms with E-state index in [1.165, 1.54) is 16.8 Å². The lowest BCUT2D eigenvalue weighted by Crippen LogP contribution is -2.36. The van der Waals surface area contributed by atoms with Crippen molar-refractivity contribution >= 4 is 34.7 Å². The molecule has 5 rings (SSSR count). The number of rotatable bonds is 5. The average molecular weight is 618 g/mol. The minimum atomic E-state index is -5.08. The first kappa shape index (κ1) is 31.8. The number of carbonyl (C=O) groups is 2. The van der Waals surface area contributed by atoms with Gasteiger partial charge in [-0.2, -0.15) is 31.4 Å². The first-order valence-electron chi connectivity index (χ1n) is 13.3. The van der Waals surface area contributed by atoms with Gasteiger partial charge in [0.25, 0.3) is 5.91 Å². The highest BCUT2D eigenvalue weighted by Crippen LogP contribution is 2.38.